The van der Waals surface area contributed by atoms with Gasteiger partial charge in [0.2, 0.25) is 11.8 Å². The lowest BCUT2D eigenvalue weighted by Gasteiger charge is -2.28. The van der Waals surface area contributed by atoms with Crippen molar-refractivity contribution in [3.8, 4) is 39.7 Å². The van der Waals surface area contributed by atoms with Crippen LogP contribution in [0.15, 0.2) is 312 Å². The van der Waals surface area contributed by atoms with Crippen LogP contribution in [0.1, 0.15) is 11.5 Å². The van der Waals surface area contributed by atoms with Crippen molar-refractivity contribution >= 4 is 100 Å². The first-order valence-corrected chi connectivity index (χ1v) is 29.2. The van der Waals surface area contributed by atoms with Crippen LogP contribution in [0.2, 0.25) is 0 Å². The predicted molar refractivity (Wildman–Crippen MR) is 352 cm³/mol. The van der Waals surface area contributed by atoms with Crippen molar-refractivity contribution in [3.63, 3.8) is 0 Å². The number of anilines is 8. The molecule has 0 saturated heterocycles. The third kappa shape index (κ3) is 8.37. The Balaban J connectivity index is 0.729. The Hall–Kier alpha value is -11.5. The van der Waals surface area contributed by atoms with Crippen LogP contribution in [0.4, 0.5) is 45.5 Å². The van der Waals surface area contributed by atoms with Crippen LogP contribution in [0.25, 0.3) is 94.5 Å². The van der Waals surface area contributed by atoms with Crippen LogP contribution >= 0.6 is 0 Å². The molecule has 1 aliphatic carbocycles. The van der Waals surface area contributed by atoms with E-state index in [1.54, 1.807) is 0 Å². The minimum atomic E-state index is 0.183. The third-order valence-corrected chi connectivity index (χ3v) is 17.1. The lowest BCUT2D eigenvalue weighted by atomic mass is 9.91. The Morgan fingerprint density at radius 3 is 1.51 bits per heavy atom. The Morgan fingerprint density at radius 2 is 0.837 bits per heavy atom. The molecular weight excluding hydrogens is 1050 g/mol. The molecule has 0 spiro atoms. The fourth-order valence-corrected chi connectivity index (χ4v) is 13.1. The largest absolute Gasteiger partial charge is 0.436 e. The molecule has 17 rings (SSSR count). The zero-order chi connectivity index (χ0) is 56.7. The van der Waals surface area contributed by atoms with E-state index in [4.69, 9.17) is 18.8 Å². The van der Waals surface area contributed by atoms with Gasteiger partial charge in [-0.3, -0.25) is 0 Å². The van der Waals surface area contributed by atoms with E-state index < -0.39 is 0 Å². The fraction of sp³-hybridized carbons (Fsp3) is 0.0256. The van der Waals surface area contributed by atoms with E-state index in [-0.39, 0.29) is 12.0 Å². The molecule has 3 aromatic heterocycles. The molecule has 0 saturated carbocycles. The highest BCUT2D eigenvalue weighted by Crippen LogP contribution is 2.51. The number of fused-ring (bicyclic) bond motifs is 9. The molecule has 8 nitrogen and oxygen atoms in total. The zero-order valence-corrected chi connectivity index (χ0v) is 46.5. The van der Waals surface area contributed by atoms with Gasteiger partial charge >= 0.3 is 0 Å². The molecular formula is C78H52N6O2. The van der Waals surface area contributed by atoms with Crippen molar-refractivity contribution in [2.75, 3.05) is 14.7 Å². The molecule has 2 unspecified atom stereocenters. The van der Waals surface area contributed by atoms with Gasteiger partial charge in [-0.15, -0.1) is 0 Å². The van der Waals surface area contributed by atoms with Crippen LogP contribution in [0, 0.1) is 0 Å². The summed E-state index contributed by atoms with van der Waals surface area (Å²) in [7, 11) is 0. The monoisotopic (exact) mass is 1100 g/mol. The van der Waals surface area contributed by atoms with Gasteiger partial charge in [-0.1, -0.05) is 133 Å². The second-order valence-electron chi connectivity index (χ2n) is 22.2. The van der Waals surface area contributed by atoms with Crippen LogP contribution < -0.4 is 14.7 Å². The van der Waals surface area contributed by atoms with E-state index >= 15 is 0 Å². The first kappa shape index (κ1) is 49.2. The van der Waals surface area contributed by atoms with Gasteiger partial charge in [0, 0.05) is 79.0 Å². The number of benzene rings is 12. The van der Waals surface area contributed by atoms with Gasteiger partial charge in [-0.2, -0.15) is 0 Å². The van der Waals surface area contributed by atoms with Crippen molar-refractivity contribution in [2.24, 2.45) is 0 Å². The normalized spacial score (nSPS) is 14.4. The second-order valence-corrected chi connectivity index (χ2v) is 22.2. The number of para-hydroxylation sites is 7. The molecule has 8 heteroatoms. The fourth-order valence-electron chi connectivity index (χ4n) is 13.1. The topological polar surface area (TPSA) is 66.7 Å². The SMILES string of the molecule is C1=CC2c3cc(N(c4ccc(-c5nc6ccccc6o5)cc4)c4ccc5cc(-c6ccc(N(c7ccc(-c8nc9ccccc9o8)cc7)c7ccc8c(c7)c7ccccc7n8-c7ccccc7)cc6)ccc5c4)ccc3N(c3ccccc3)C2C=C1. The lowest BCUT2D eigenvalue weighted by molar-refractivity contribution is 0.619. The van der Waals surface area contributed by atoms with Gasteiger partial charge in [0.15, 0.2) is 11.2 Å². The van der Waals surface area contributed by atoms with Crippen LogP contribution in [-0.4, -0.2) is 20.6 Å². The minimum Gasteiger partial charge on any atom is -0.436 e. The highest BCUT2D eigenvalue weighted by Gasteiger charge is 2.38. The summed E-state index contributed by atoms with van der Waals surface area (Å²) in [5, 5.41) is 4.67. The van der Waals surface area contributed by atoms with Gasteiger partial charge in [-0.05, 0) is 197 Å². The Labute approximate surface area is 496 Å². The van der Waals surface area contributed by atoms with Gasteiger partial charge in [-0.25, -0.2) is 9.97 Å². The molecule has 0 amide bonds. The highest BCUT2D eigenvalue weighted by molar-refractivity contribution is 6.11. The smallest absolute Gasteiger partial charge is 0.227 e. The summed E-state index contributed by atoms with van der Waals surface area (Å²) in [4.78, 5) is 16.8. The quantitative estimate of drug-likeness (QED) is 0.128. The third-order valence-electron chi connectivity index (χ3n) is 17.1. The number of allylic oxidation sites excluding steroid dienone is 2. The minimum absolute atomic E-state index is 0.183. The van der Waals surface area contributed by atoms with Crippen molar-refractivity contribution in [1.82, 2.24) is 14.5 Å². The van der Waals surface area contributed by atoms with E-state index in [1.165, 1.54) is 33.2 Å². The number of hydrogen-bond donors (Lipinski definition) is 0. The van der Waals surface area contributed by atoms with E-state index in [0.29, 0.717) is 11.8 Å². The van der Waals surface area contributed by atoms with E-state index in [9.17, 15) is 0 Å². The van der Waals surface area contributed by atoms with Crippen LogP contribution in [0.3, 0.4) is 0 Å². The first-order valence-electron chi connectivity index (χ1n) is 29.2. The Bertz CT molecular complexity index is 5070. The van der Waals surface area contributed by atoms with Crippen LogP contribution in [0.5, 0.6) is 0 Å². The van der Waals surface area contributed by atoms with Gasteiger partial charge in [0.1, 0.15) is 11.0 Å². The van der Waals surface area contributed by atoms with Crippen molar-refractivity contribution < 1.29 is 8.83 Å². The first-order chi connectivity index (χ1) is 42.6. The summed E-state index contributed by atoms with van der Waals surface area (Å²) < 4.78 is 14.8. The molecule has 0 N–H and O–H groups in total. The van der Waals surface area contributed by atoms with E-state index in [2.05, 4.69) is 274 Å². The molecule has 12 aromatic carbocycles. The summed E-state index contributed by atoms with van der Waals surface area (Å²) in [6.45, 7) is 0. The summed E-state index contributed by atoms with van der Waals surface area (Å²) in [6.07, 6.45) is 9.04. The average Bonchev–Trinajstić information content (AvgIpc) is 3.36. The maximum Gasteiger partial charge on any atom is 0.227 e. The van der Waals surface area contributed by atoms with E-state index in [1.807, 2.05) is 48.5 Å². The Morgan fingerprint density at radius 1 is 0.349 bits per heavy atom. The molecule has 0 fully saturated rings. The summed E-state index contributed by atoms with van der Waals surface area (Å²) >= 11 is 0. The average molecular weight is 1110 g/mol. The molecule has 0 radical (unpaired) electrons. The summed E-state index contributed by atoms with van der Waals surface area (Å²) in [5.74, 6) is 1.40. The molecule has 2 atom stereocenters. The second kappa shape index (κ2) is 20.2. The number of aromatic nitrogens is 3. The molecule has 15 aromatic rings. The maximum atomic E-state index is 6.23. The standard InChI is InChI=1S/C78H52N6O2/c1-3-15-57(16-4-1)83-71-23-11-7-19-65(71)67-49-63(43-45-73(67)83)81(60-38-31-52(32-39-60)77-79-69-21-9-13-25-75(69)85-77)59-36-29-51(30-37-59)54-27-28-56-48-62(42-35-55(56)47-54)82(61-40-33-53(34-41-61)78-80-70-22-10-14-26-76(70)86-78)64-44-46-74-68(50-64)66-20-8-12-24-72(66)84(74)58-17-5-2-6-18-58/h1-50,66,72H. The van der Waals surface area contributed by atoms with Crippen molar-refractivity contribution in [3.05, 3.63) is 309 Å². The molecule has 2 aliphatic rings. The van der Waals surface area contributed by atoms with E-state index in [0.717, 1.165) is 101 Å². The highest BCUT2D eigenvalue weighted by atomic mass is 16.4. The van der Waals surface area contributed by atoms with Gasteiger partial charge < -0.3 is 28.1 Å². The van der Waals surface area contributed by atoms with Crippen molar-refractivity contribution in [1.29, 1.82) is 0 Å². The number of nitrogens with zero attached hydrogens (tertiary/aromatic N) is 6. The molecule has 406 valence electrons. The van der Waals surface area contributed by atoms with Gasteiger partial charge in [0.05, 0.1) is 17.1 Å². The Kier molecular flexibility index (Phi) is 11.5. The molecule has 86 heavy (non-hydrogen) atoms. The summed E-state index contributed by atoms with van der Waals surface area (Å²) in [5.41, 5.74) is 20.7. The molecule has 0 bridgehead atoms. The van der Waals surface area contributed by atoms with Crippen LogP contribution in [-0.2, 0) is 0 Å². The number of rotatable bonds is 11. The number of hydrogen-bond acceptors (Lipinski definition) is 7. The summed E-state index contributed by atoms with van der Waals surface area (Å²) in [6, 6.07) is 99.5. The predicted octanol–water partition coefficient (Wildman–Crippen LogP) is 20.9. The maximum absolute atomic E-state index is 6.23. The zero-order valence-electron chi connectivity index (χ0n) is 46.5. The lowest BCUT2D eigenvalue weighted by Crippen LogP contribution is -2.28. The molecule has 4 heterocycles. The number of oxazole rings is 2. The molecule has 1 aliphatic heterocycles. The van der Waals surface area contributed by atoms with Crippen molar-refractivity contribution in [2.45, 2.75) is 12.0 Å². The van der Waals surface area contributed by atoms with Gasteiger partial charge in [0.25, 0.3) is 0 Å².